The lowest BCUT2D eigenvalue weighted by Crippen LogP contribution is -2.31. The minimum absolute atomic E-state index is 0. The molecule has 1 aromatic heterocycles. The Hall–Kier alpha value is -2.04. The van der Waals surface area contributed by atoms with Crippen molar-refractivity contribution in [1.82, 2.24) is 14.9 Å². The van der Waals surface area contributed by atoms with Gasteiger partial charge in [0.1, 0.15) is 11.7 Å². The van der Waals surface area contributed by atoms with E-state index in [2.05, 4.69) is 14.9 Å². The molecule has 1 amide bonds. The quantitative estimate of drug-likeness (QED) is 0.703. The van der Waals surface area contributed by atoms with E-state index in [0.29, 0.717) is 6.42 Å². The Bertz CT molecular complexity index is 818. The van der Waals surface area contributed by atoms with Gasteiger partial charge in [0.15, 0.2) is 0 Å². The minimum atomic E-state index is -0.181. The maximum Gasteiger partial charge on any atom is 0.235 e. The van der Waals surface area contributed by atoms with Crippen LogP contribution >= 0.6 is 24.0 Å². The predicted molar refractivity (Wildman–Crippen MR) is 99.7 cm³/mol. The van der Waals surface area contributed by atoms with E-state index >= 15 is 0 Å². The Balaban J connectivity index is 0.00000208. The van der Waals surface area contributed by atoms with E-state index in [1.165, 1.54) is 0 Å². The fourth-order valence-corrected chi connectivity index (χ4v) is 2.81. The lowest BCUT2D eigenvalue weighted by atomic mass is 10.0. The number of carbonyl (C=O) groups is 1. The molecule has 1 heterocycles. The average Bonchev–Trinajstić information content (AvgIpc) is 2.91. The van der Waals surface area contributed by atoms with Gasteiger partial charge >= 0.3 is 0 Å². The van der Waals surface area contributed by atoms with Gasteiger partial charge in [-0.1, -0.05) is 42.5 Å². The topological polar surface area (TPSA) is 46.9 Å². The second kappa shape index (κ2) is 8.18. The van der Waals surface area contributed by atoms with Crippen molar-refractivity contribution in [1.29, 1.82) is 0 Å². The maximum absolute atomic E-state index is 11.8. The number of hydrogen-bond donors (Lipinski definition) is 1. The second-order valence-electron chi connectivity index (χ2n) is 5.44. The first-order valence-electron chi connectivity index (χ1n) is 7.49. The summed E-state index contributed by atoms with van der Waals surface area (Å²) in [6, 6.07) is 17.7. The molecule has 3 aromatic rings. The normalized spacial score (nSPS) is 11.8. The molecule has 6 heteroatoms. The first-order chi connectivity index (χ1) is 11.2. The number of fused-ring (bicyclic) bond motifs is 1. The largest absolute Gasteiger partial charge is 0.348 e. The van der Waals surface area contributed by atoms with Gasteiger partial charge in [0, 0.05) is 13.5 Å². The number of amides is 1. The van der Waals surface area contributed by atoms with Crippen molar-refractivity contribution in [3.63, 3.8) is 0 Å². The fraction of sp³-hybridized carbons (Fsp3) is 0.222. The van der Waals surface area contributed by atoms with Crippen molar-refractivity contribution in [2.75, 3.05) is 5.88 Å². The van der Waals surface area contributed by atoms with E-state index in [-0.39, 0.29) is 30.2 Å². The second-order valence-corrected chi connectivity index (χ2v) is 5.71. The molecule has 126 valence electrons. The molecule has 0 saturated heterocycles. The summed E-state index contributed by atoms with van der Waals surface area (Å²) in [6.07, 6.45) is 0.609. The van der Waals surface area contributed by atoms with E-state index in [9.17, 15) is 4.79 Å². The summed E-state index contributed by atoms with van der Waals surface area (Å²) in [5.41, 5.74) is 3.08. The van der Waals surface area contributed by atoms with E-state index in [4.69, 9.17) is 11.6 Å². The van der Waals surface area contributed by atoms with Gasteiger partial charge in [-0.3, -0.25) is 4.79 Å². The highest BCUT2D eigenvalue weighted by molar-refractivity contribution is 6.27. The lowest BCUT2D eigenvalue weighted by molar-refractivity contribution is -0.119. The van der Waals surface area contributed by atoms with Gasteiger partial charge in [0.05, 0.1) is 17.1 Å². The van der Waals surface area contributed by atoms with E-state index in [1.54, 1.807) is 0 Å². The van der Waals surface area contributed by atoms with Crippen LogP contribution < -0.4 is 5.32 Å². The average molecular weight is 364 g/mol. The van der Waals surface area contributed by atoms with Crippen LogP contribution in [0.2, 0.25) is 0 Å². The van der Waals surface area contributed by atoms with E-state index < -0.39 is 0 Å². The smallest absolute Gasteiger partial charge is 0.235 e. The molecule has 0 spiro atoms. The van der Waals surface area contributed by atoms with Crippen molar-refractivity contribution < 1.29 is 4.79 Å². The minimum Gasteiger partial charge on any atom is -0.348 e. The van der Waals surface area contributed by atoms with Crippen molar-refractivity contribution in [2.24, 2.45) is 7.05 Å². The van der Waals surface area contributed by atoms with Gasteiger partial charge in [0.2, 0.25) is 5.91 Å². The van der Waals surface area contributed by atoms with Gasteiger partial charge in [0.25, 0.3) is 0 Å². The number of hydrogen-bond acceptors (Lipinski definition) is 2. The van der Waals surface area contributed by atoms with Gasteiger partial charge in [-0.2, -0.15) is 0 Å². The van der Waals surface area contributed by atoms with Crippen LogP contribution in [-0.4, -0.2) is 21.3 Å². The molecule has 4 nitrogen and oxygen atoms in total. The van der Waals surface area contributed by atoms with Crippen molar-refractivity contribution >= 4 is 40.9 Å². The van der Waals surface area contributed by atoms with Crippen LogP contribution in [0.1, 0.15) is 17.4 Å². The first-order valence-corrected chi connectivity index (χ1v) is 8.03. The number of para-hydroxylation sites is 2. The Morgan fingerprint density at radius 2 is 1.83 bits per heavy atom. The molecule has 1 N–H and O–H groups in total. The summed E-state index contributed by atoms with van der Waals surface area (Å²) < 4.78 is 2.07. The molecular weight excluding hydrogens is 345 g/mol. The summed E-state index contributed by atoms with van der Waals surface area (Å²) in [7, 11) is 2.00. The highest BCUT2D eigenvalue weighted by Crippen LogP contribution is 2.21. The zero-order chi connectivity index (χ0) is 16.2. The molecule has 0 aliphatic carbocycles. The number of halogens is 2. The number of nitrogens with one attached hydrogen (secondary N) is 1. The number of imidazole rings is 1. The van der Waals surface area contributed by atoms with Gasteiger partial charge in [-0.15, -0.1) is 24.0 Å². The summed E-state index contributed by atoms with van der Waals surface area (Å²) >= 11 is 5.65. The molecule has 2 aromatic carbocycles. The van der Waals surface area contributed by atoms with Crippen LogP contribution in [0.25, 0.3) is 11.0 Å². The standard InChI is InChI=1S/C18H18ClN3O.ClH/c1-22-16-10-6-5-9-14(16)20-17(22)11-15(21-18(23)12-19)13-7-3-2-4-8-13;/h2-10,15H,11-12H2,1H3,(H,21,23);1H. The number of aryl methyl sites for hydroxylation is 1. The molecule has 0 saturated carbocycles. The third kappa shape index (κ3) is 3.89. The number of benzene rings is 2. The van der Waals surface area contributed by atoms with Crippen molar-refractivity contribution in [3.8, 4) is 0 Å². The summed E-state index contributed by atoms with van der Waals surface area (Å²) in [6.45, 7) is 0. The molecule has 24 heavy (non-hydrogen) atoms. The molecule has 1 unspecified atom stereocenters. The Labute approximate surface area is 152 Å². The predicted octanol–water partition coefficient (Wildman–Crippen LogP) is 3.63. The van der Waals surface area contributed by atoms with Crippen LogP contribution in [0, 0.1) is 0 Å². The molecular formula is C18H19Cl2N3O. The first kappa shape index (κ1) is 18.3. The molecule has 1 atom stereocenters. The third-order valence-corrected chi connectivity index (χ3v) is 4.17. The number of rotatable bonds is 5. The number of carbonyl (C=O) groups excluding carboxylic acids is 1. The van der Waals surface area contributed by atoms with E-state index in [1.807, 2.05) is 61.6 Å². The number of nitrogens with zero attached hydrogens (tertiary/aromatic N) is 2. The Kier molecular flexibility index (Phi) is 6.23. The van der Waals surface area contributed by atoms with Gasteiger partial charge < -0.3 is 9.88 Å². The van der Waals surface area contributed by atoms with E-state index in [0.717, 1.165) is 22.4 Å². The Morgan fingerprint density at radius 3 is 2.50 bits per heavy atom. The highest BCUT2D eigenvalue weighted by atomic mass is 35.5. The monoisotopic (exact) mass is 363 g/mol. The molecule has 0 fully saturated rings. The zero-order valence-corrected chi connectivity index (χ0v) is 14.8. The van der Waals surface area contributed by atoms with Crippen LogP contribution in [0.3, 0.4) is 0 Å². The number of aromatic nitrogens is 2. The van der Waals surface area contributed by atoms with Crippen LogP contribution in [0.5, 0.6) is 0 Å². The highest BCUT2D eigenvalue weighted by Gasteiger charge is 2.18. The van der Waals surface area contributed by atoms with Gasteiger partial charge in [-0.25, -0.2) is 4.98 Å². The molecule has 0 aliphatic rings. The zero-order valence-electron chi connectivity index (χ0n) is 13.3. The van der Waals surface area contributed by atoms with Crippen LogP contribution in [0.15, 0.2) is 54.6 Å². The molecule has 0 aliphatic heterocycles. The summed E-state index contributed by atoms with van der Waals surface area (Å²) in [5, 5.41) is 2.98. The Morgan fingerprint density at radius 1 is 1.17 bits per heavy atom. The van der Waals surface area contributed by atoms with Gasteiger partial charge in [-0.05, 0) is 17.7 Å². The summed E-state index contributed by atoms with van der Waals surface area (Å²) in [4.78, 5) is 16.5. The van der Waals surface area contributed by atoms with Crippen LogP contribution in [-0.2, 0) is 18.3 Å². The maximum atomic E-state index is 11.8. The van der Waals surface area contributed by atoms with Crippen molar-refractivity contribution in [3.05, 3.63) is 66.0 Å². The lowest BCUT2D eigenvalue weighted by Gasteiger charge is -2.18. The van der Waals surface area contributed by atoms with Crippen LogP contribution in [0.4, 0.5) is 0 Å². The fourth-order valence-electron chi connectivity index (χ4n) is 2.73. The van der Waals surface area contributed by atoms with Crippen molar-refractivity contribution in [2.45, 2.75) is 12.5 Å². The third-order valence-electron chi connectivity index (χ3n) is 3.92. The molecule has 0 radical (unpaired) electrons. The molecule has 0 bridgehead atoms. The summed E-state index contributed by atoms with van der Waals surface area (Å²) in [5.74, 6) is 0.695. The SMILES string of the molecule is Cl.Cn1c(CC(NC(=O)CCl)c2ccccc2)nc2ccccc21. The number of alkyl halides is 1. The molecule has 3 rings (SSSR count).